The molecule has 0 fully saturated rings. The minimum atomic E-state index is -0.373. The number of hydrogen-bond acceptors (Lipinski definition) is 3. The first-order valence-electron chi connectivity index (χ1n) is 8.33. The molecule has 0 bridgehead atoms. The molecule has 134 valence electrons. The van der Waals surface area contributed by atoms with Gasteiger partial charge in [-0.05, 0) is 55.3 Å². The third-order valence-electron chi connectivity index (χ3n) is 4.12. The Bertz CT molecular complexity index is 851. The molecule has 0 radical (unpaired) electrons. The minimum Gasteiger partial charge on any atom is -0.493 e. The fourth-order valence-electron chi connectivity index (χ4n) is 2.87. The lowest BCUT2D eigenvalue weighted by atomic mass is 10.0. The molecule has 0 aromatic heterocycles. The highest BCUT2D eigenvalue weighted by molar-refractivity contribution is 6.00. The number of halogens is 1. The van der Waals surface area contributed by atoms with E-state index in [4.69, 9.17) is 4.74 Å². The molecular formula is C20H19FN2O3. The van der Waals surface area contributed by atoms with Crippen LogP contribution in [-0.2, 0) is 4.79 Å². The first-order chi connectivity index (χ1) is 12.6. The highest BCUT2D eigenvalue weighted by Gasteiger charge is 2.22. The number of carbonyl (C=O) groups is 2. The van der Waals surface area contributed by atoms with Gasteiger partial charge in [0.2, 0.25) is 5.91 Å². The molecule has 0 aliphatic carbocycles. The third-order valence-corrected chi connectivity index (χ3v) is 4.12. The maximum absolute atomic E-state index is 13.7. The Morgan fingerprint density at radius 3 is 2.88 bits per heavy atom. The summed E-state index contributed by atoms with van der Waals surface area (Å²) in [6.07, 6.45) is 2.55. The lowest BCUT2D eigenvalue weighted by Gasteiger charge is -2.19. The zero-order valence-electron chi connectivity index (χ0n) is 14.1. The highest BCUT2D eigenvalue weighted by Crippen LogP contribution is 2.32. The van der Waals surface area contributed by atoms with Crippen LogP contribution in [0.3, 0.4) is 0 Å². The van der Waals surface area contributed by atoms with Gasteiger partial charge in [0.25, 0.3) is 5.91 Å². The van der Waals surface area contributed by atoms with Gasteiger partial charge >= 0.3 is 0 Å². The predicted molar refractivity (Wildman–Crippen MR) is 96.6 cm³/mol. The Morgan fingerprint density at radius 2 is 2.08 bits per heavy atom. The van der Waals surface area contributed by atoms with Gasteiger partial charge < -0.3 is 15.4 Å². The van der Waals surface area contributed by atoms with Crippen molar-refractivity contribution in [1.29, 1.82) is 0 Å². The van der Waals surface area contributed by atoms with Gasteiger partial charge in [0, 0.05) is 16.8 Å². The molecule has 2 amide bonds. The second-order valence-corrected chi connectivity index (χ2v) is 5.97. The summed E-state index contributed by atoms with van der Waals surface area (Å²) >= 11 is 0. The normalized spacial score (nSPS) is 15.8. The van der Waals surface area contributed by atoms with E-state index in [-0.39, 0.29) is 23.7 Å². The van der Waals surface area contributed by atoms with E-state index in [1.165, 1.54) is 12.1 Å². The molecule has 5 nitrogen and oxygen atoms in total. The highest BCUT2D eigenvalue weighted by atomic mass is 19.1. The molecular weight excluding hydrogens is 335 g/mol. The lowest BCUT2D eigenvalue weighted by Crippen LogP contribution is -2.28. The van der Waals surface area contributed by atoms with Crippen LogP contribution in [0.4, 0.5) is 10.1 Å². The van der Waals surface area contributed by atoms with Crippen LogP contribution in [-0.4, -0.2) is 18.4 Å². The first-order valence-corrected chi connectivity index (χ1v) is 8.33. The van der Waals surface area contributed by atoms with Gasteiger partial charge in [0.1, 0.15) is 11.6 Å². The zero-order valence-corrected chi connectivity index (χ0v) is 14.1. The largest absolute Gasteiger partial charge is 0.493 e. The van der Waals surface area contributed by atoms with Crippen molar-refractivity contribution in [2.24, 2.45) is 0 Å². The molecule has 1 aliphatic rings. The van der Waals surface area contributed by atoms with Crippen molar-refractivity contribution in [3.8, 4) is 5.75 Å². The van der Waals surface area contributed by atoms with E-state index < -0.39 is 0 Å². The predicted octanol–water partition coefficient (Wildman–Crippen LogP) is 3.59. The van der Waals surface area contributed by atoms with E-state index in [0.29, 0.717) is 35.6 Å². The molecule has 2 aromatic rings. The standard InChI is InChI=1S/C20H19FN2O3/c1-2-19(24)22-15-6-3-5-13(11-15)20(25)23-17-7-4-10-26-18-9-8-14(21)12-16(17)18/h2-3,5-6,8-9,11-12,17H,1,4,7,10H2,(H,22,24)(H,23,25). The number of hydrogen-bond donors (Lipinski definition) is 2. The molecule has 1 aliphatic heterocycles. The topological polar surface area (TPSA) is 67.4 Å². The minimum absolute atomic E-state index is 0.304. The molecule has 3 rings (SSSR count). The smallest absolute Gasteiger partial charge is 0.251 e. The molecule has 6 heteroatoms. The average Bonchev–Trinajstić information content (AvgIpc) is 2.84. The number of anilines is 1. The van der Waals surface area contributed by atoms with Crippen LogP contribution in [0.5, 0.6) is 5.75 Å². The maximum Gasteiger partial charge on any atom is 0.251 e. The van der Waals surface area contributed by atoms with Crippen LogP contribution in [0.25, 0.3) is 0 Å². The quantitative estimate of drug-likeness (QED) is 0.825. The summed E-state index contributed by atoms with van der Waals surface area (Å²) < 4.78 is 19.3. The van der Waals surface area contributed by atoms with Gasteiger partial charge in [0.15, 0.2) is 0 Å². The Kier molecular flexibility index (Phi) is 5.31. The second kappa shape index (κ2) is 7.82. The Hall–Kier alpha value is -3.15. The summed E-state index contributed by atoms with van der Waals surface area (Å²) in [6.45, 7) is 3.92. The molecule has 1 atom stereocenters. The molecule has 0 spiro atoms. The fourth-order valence-corrected chi connectivity index (χ4v) is 2.87. The third kappa shape index (κ3) is 4.08. The van der Waals surface area contributed by atoms with Crippen molar-refractivity contribution >= 4 is 17.5 Å². The number of nitrogens with one attached hydrogen (secondary N) is 2. The monoisotopic (exact) mass is 354 g/mol. The van der Waals surface area contributed by atoms with Gasteiger partial charge in [-0.25, -0.2) is 4.39 Å². The van der Waals surface area contributed by atoms with Crippen molar-refractivity contribution in [2.75, 3.05) is 11.9 Å². The second-order valence-electron chi connectivity index (χ2n) is 5.97. The number of amides is 2. The van der Waals surface area contributed by atoms with E-state index in [2.05, 4.69) is 17.2 Å². The summed E-state index contributed by atoms with van der Waals surface area (Å²) in [7, 11) is 0. The van der Waals surface area contributed by atoms with Crippen LogP contribution in [0.1, 0.15) is 34.8 Å². The van der Waals surface area contributed by atoms with Crippen molar-refractivity contribution in [3.63, 3.8) is 0 Å². The van der Waals surface area contributed by atoms with Crippen LogP contribution in [0.2, 0.25) is 0 Å². The van der Waals surface area contributed by atoms with Gasteiger partial charge in [-0.3, -0.25) is 9.59 Å². The number of benzene rings is 2. The summed E-state index contributed by atoms with van der Waals surface area (Å²) in [5.74, 6) is -0.446. The molecule has 1 unspecified atom stereocenters. The van der Waals surface area contributed by atoms with Crippen molar-refractivity contribution in [1.82, 2.24) is 5.32 Å². The number of fused-ring (bicyclic) bond motifs is 1. The fraction of sp³-hybridized carbons (Fsp3) is 0.200. The summed E-state index contributed by atoms with van der Waals surface area (Å²) in [5, 5.41) is 5.55. The number of rotatable bonds is 4. The van der Waals surface area contributed by atoms with Gasteiger partial charge in [-0.2, -0.15) is 0 Å². The summed E-state index contributed by atoms with van der Waals surface area (Å²) in [5.41, 5.74) is 1.53. The summed E-state index contributed by atoms with van der Waals surface area (Å²) in [6, 6.07) is 10.6. The van der Waals surface area contributed by atoms with Crippen LogP contribution in [0, 0.1) is 5.82 Å². The molecule has 0 saturated heterocycles. The van der Waals surface area contributed by atoms with E-state index in [0.717, 1.165) is 12.5 Å². The van der Waals surface area contributed by atoms with Crippen molar-refractivity contribution < 1.29 is 18.7 Å². The Labute approximate surface area is 150 Å². The molecule has 1 heterocycles. The summed E-state index contributed by atoms with van der Waals surface area (Å²) in [4.78, 5) is 24.1. The van der Waals surface area contributed by atoms with Crippen LogP contribution >= 0.6 is 0 Å². The SMILES string of the molecule is C=CC(=O)Nc1cccc(C(=O)NC2CCCOc3ccc(F)cc32)c1. The molecule has 2 aromatic carbocycles. The van der Waals surface area contributed by atoms with Gasteiger partial charge in [0.05, 0.1) is 12.6 Å². The van der Waals surface area contributed by atoms with Crippen molar-refractivity contribution in [3.05, 3.63) is 72.1 Å². The lowest BCUT2D eigenvalue weighted by molar-refractivity contribution is -0.111. The van der Waals surface area contributed by atoms with Crippen LogP contribution < -0.4 is 15.4 Å². The zero-order chi connectivity index (χ0) is 18.5. The van der Waals surface area contributed by atoms with E-state index in [1.54, 1.807) is 30.3 Å². The van der Waals surface area contributed by atoms with Gasteiger partial charge in [-0.1, -0.05) is 12.6 Å². The van der Waals surface area contributed by atoms with E-state index in [9.17, 15) is 14.0 Å². The Balaban J connectivity index is 1.80. The van der Waals surface area contributed by atoms with Gasteiger partial charge in [-0.15, -0.1) is 0 Å². The maximum atomic E-state index is 13.7. The Morgan fingerprint density at radius 1 is 1.23 bits per heavy atom. The number of ether oxygens (including phenoxy) is 1. The van der Waals surface area contributed by atoms with E-state index >= 15 is 0 Å². The first kappa shape index (κ1) is 17.7. The molecule has 0 saturated carbocycles. The molecule has 26 heavy (non-hydrogen) atoms. The van der Waals surface area contributed by atoms with Crippen LogP contribution in [0.15, 0.2) is 55.1 Å². The molecule has 2 N–H and O–H groups in total. The average molecular weight is 354 g/mol. The van der Waals surface area contributed by atoms with Crippen molar-refractivity contribution in [2.45, 2.75) is 18.9 Å². The number of carbonyl (C=O) groups excluding carboxylic acids is 2. The van der Waals surface area contributed by atoms with E-state index in [1.807, 2.05) is 0 Å².